The summed E-state index contributed by atoms with van der Waals surface area (Å²) >= 11 is 0. The number of hydrogen-bond donors (Lipinski definition) is 1. The second-order valence-electron chi connectivity index (χ2n) is 8.14. The van der Waals surface area contributed by atoms with Gasteiger partial charge in [0.1, 0.15) is 17.1 Å². The van der Waals surface area contributed by atoms with E-state index < -0.39 is 5.60 Å². The summed E-state index contributed by atoms with van der Waals surface area (Å²) in [4.78, 5) is 26.7. The van der Waals surface area contributed by atoms with E-state index in [2.05, 4.69) is 17.1 Å². The van der Waals surface area contributed by atoms with Crippen LogP contribution in [-0.4, -0.2) is 54.5 Å². The zero-order chi connectivity index (χ0) is 19.4. The highest BCUT2D eigenvalue weighted by atomic mass is 16.5. The van der Waals surface area contributed by atoms with Crippen molar-refractivity contribution in [2.75, 3.05) is 26.2 Å². The second-order valence-corrected chi connectivity index (χ2v) is 8.14. The van der Waals surface area contributed by atoms with Crippen LogP contribution in [0, 0.1) is 0 Å². The smallest absolute Gasteiger partial charge is 0.257 e. The van der Waals surface area contributed by atoms with Crippen molar-refractivity contribution in [1.82, 2.24) is 10.2 Å². The van der Waals surface area contributed by atoms with E-state index in [0.29, 0.717) is 36.1 Å². The minimum Gasteiger partial charge on any atom is -0.487 e. The molecule has 2 heterocycles. The molecule has 0 aromatic heterocycles. The van der Waals surface area contributed by atoms with E-state index in [4.69, 9.17) is 9.47 Å². The number of nitrogens with one attached hydrogen (secondary N) is 1. The number of Topliss-reactive ketones (excluding diaryl/α,β-unsaturated/α-hetero) is 1. The highest BCUT2D eigenvalue weighted by Gasteiger charge is 2.32. The van der Waals surface area contributed by atoms with E-state index in [1.807, 2.05) is 13.8 Å². The first kappa shape index (κ1) is 19.7. The Kier molecular flexibility index (Phi) is 6.05. The van der Waals surface area contributed by atoms with Crippen molar-refractivity contribution in [2.45, 2.75) is 58.1 Å². The number of ether oxygens (including phenoxy) is 2. The van der Waals surface area contributed by atoms with Crippen LogP contribution >= 0.6 is 0 Å². The van der Waals surface area contributed by atoms with Crippen LogP contribution in [0.3, 0.4) is 0 Å². The van der Waals surface area contributed by atoms with Crippen LogP contribution < -0.4 is 14.8 Å². The van der Waals surface area contributed by atoms with Crippen LogP contribution in [0.4, 0.5) is 0 Å². The summed E-state index contributed by atoms with van der Waals surface area (Å²) in [7, 11) is 0. The fourth-order valence-electron chi connectivity index (χ4n) is 3.75. The molecule has 1 atom stereocenters. The molecule has 27 heavy (non-hydrogen) atoms. The lowest BCUT2D eigenvalue weighted by Crippen LogP contribution is -2.43. The van der Waals surface area contributed by atoms with Crippen molar-refractivity contribution in [1.29, 1.82) is 0 Å². The van der Waals surface area contributed by atoms with Gasteiger partial charge in [-0.05, 0) is 58.4 Å². The Hall–Kier alpha value is -2.08. The Balaban J connectivity index is 1.45. The zero-order valence-corrected chi connectivity index (χ0v) is 16.5. The third kappa shape index (κ3) is 5.22. The number of ketones is 1. The largest absolute Gasteiger partial charge is 0.487 e. The molecule has 1 N–H and O–H groups in total. The maximum Gasteiger partial charge on any atom is 0.257 e. The lowest BCUT2D eigenvalue weighted by molar-refractivity contribution is -0.123. The van der Waals surface area contributed by atoms with Crippen LogP contribution in [0.15, 0.2) is 18.2 Å². The Morgan fingerprint density at radius 1 is 1.37 bits per heavy atom. The van der Waals surface area contributed by atoms with Gasteiger partial charge >= 0.3 is 0 Å². The molecule has 0 spiro atoms. The third-order valence-corrected chi connectivity index (χ3v) is 5.26. The van der Waals surface area contributed by atoms with Gasteiger partial charge in [-0.25, -0.2) is 0 Å². The van der Waals surface area contributed by atoms with Gasteiger partial charge in [0.25, 0.3) is 5.91 Å². The second kappa shape index (κ2) is 8.30. The predicted molar refractivity (Wildman–Crippen MR) is 103 cm³/mol. The van der Waals surface area contributed by atoms with Gasteiger partial charge < -0.3 is 14.8 Å². The lowest BCUT2D eigenvalue weighted by atomic mass is 9.93. The minimum absolute atomic E-state index is 0.0341. The minimum atomic E-state index is -0.488. The Morgan fingerprint density at radius 3 is 2.96 bits per heavy atom. The van der Waals surface area contributed by atoms with E-state index in [1.54, 1.807) is 18.2 Å². The lowest BCUT2D eigenvalue weighted by Gasteiger charge is -2.33. The SMILES string of the molecule is CC1CCCCN1CCNC(=O)COc1ccc2c(c1)C(=O)CC(C)(C)O2. The molecule has 6 nitrogen and oxygen atoms in total. The van der Waals surface area contributed by atoms with Crippen molar-refractivity contribution in [3.8, 4) is 11.5 Å². The average Bonchev–Trinajstić information content (AvgIpc) is 2.61. The maximum absolute atomic E-state index is 12.3. The highest BCUT2D eigenvalue weighted by molar-refractivity contribution is 6.00. The number of likely N-dealkylation sites (tertiary alicyclic amines) is 1. The molecule has 3 rings (SSSR count). The molecule has 1 aromatic rings. The highest BCUT2D eigenvalue weighted by Crippen LogP contribution is 2.35. The van der Waals surface area contributed by atoms with E-state index in [0.717, 1.165) is 13.1 Å². The quantitative estimate of drug-likeness (QED) is 0.829. The average molecular weight is 374 g/mol. The van der Waals surface area contributed by atoms with Crippen molar-refractivity contribution in [2.24, 2.45) is 0 Å². The zero-order valence-electron chi connectivity index (χ0n) is 16.5. The standard InChI is InChI=1S/C21H30N2O4/c1-15-6-4-5-10-23(15)11-9-22-20(25)14-26-16-7-8-19-17(12-16)18(24)13-21(2,3)27-19/h7-8,12,15H,4-6,9-11,13-14H2,1-3H3,(H,22,25). The number of rotatable bonds is 6. The fraction of sp³-hybridized carbons (Fsp3) is 0.619. The first-order chi connectivity index (χ1) is 12.8. The molecular formula is C21H30N2O4. The molecule has 2 aliphatic heterocycles. The van der Waals surface area contributed by atoms with Crippen LogP contribution in [-0.2, 0) is 4.79 Å². The summed E-state index contributed by atoms with van der Waals surface area (Å²) in [6.07, 6.45) is 4.09. The van der Waals surface area contributed by atoms with E-state index in [-0.39, 0.29) is 18.3 Å². The summed E-state index contributed by atoms with van der Waals surface area (Å²) in [5.74, 6) is 0.960. The molecule has 1 amide bonds. The van der Waals surface area contributed by atoms with Gasteiger partial charge in [0.05, 0.1) is 12.0 Å². The van der Waals surface area contributed by atoms with Crippen LogP contribution in [0.2, 0.25) is 0 Å². The van der Waals surface area contributed by atoms with Crippen LogP contribution in [0.25, 0.3) is 0 Å². The van der Waals surface area contributed by atoms with Crippen molar-refractivity contribution < 1.29 is 19.1 Å². The van der Waals surface area contributed by atoms with Gasteiger partial charge in [-0.2, -0.15) is 0 Å². The Morgan fingerprint density at radius 2 is 2.19 bits per heavy atom. The van der Waals surface area contributed by atoms with Crippen LogP contribution in [0.1, 0.15) is 56.8 Å². The van der Waals surface area contributed by atoms with Gasteiger partial charge in [-0.1, -0.05) is 6.42 Å². The molecule has 148 valence electrons. The molecular weight excluding hydrogens is 344 g/mol. The number of piperidine rings is 1. The van der Waals surface area contributed by atoms with Gasteiger partial charge in [0.15, 0.2) is 12.4 Å². The third-order valence-electron chi connectivity index (χ3n) is 5.26. The summed E-state index contributed by atoms with van der Waals surface area (Å²) in [6, 6.07) is 5.72. The molecule has 1 saturated heterocycles. The van der Waals surface area contributed by atoms with Crippen LogP contribution in [0.5, 0.6) is 11.5 Å². The first-order valence-corrected chi connectivity index (χ1v) is 9.84. The number of carbonyl (C=O) groups excluding carboxylic acids is 2. The normalized spacial score (nSPS) is 21.9. The van der Waals surface area contributed by atoms with Gasteiger partial charge in [-0.15, -0.1) is 0 Å². The number of fused-ring (bicyclic) bond motifs is 1. The van der Waals surface area contributed by atoms with E-state index in [9.17, 15) is 9.59 Å². The van der Waals surface area contributed by atoms with E-state index >= 15 is 0 Å². The number of hydrogen-bond acceptors (Lipinski definition) is 5. The summed E-state index contributed by atoms with van der Waals surface area (Å²) in [6.45, 7) is 8.57. The van der Waals surface area contributed by atoms with Gasteiger partial charge in [-0.3, -0.25) is 14.5 Å². The van der Waals surface area contributed by atoms with E-state index in [1.165, 1.54) is 19.3 Å². The number of carbonyl (C=O) groups is 2. The predicted octanol–water partition coefficient (Wildman–Crippen LogP) is 2.80. The number of nitrogens with zero attached hydrogens (tertiary/aromatic N) is 1. The topological polar surface area (TPSA) is 67.9 Å². The monoisotopic (exact) mass is 374 g/mol. The molecule has 1 fully saturated rings. The Bertz CT molecular complexity index is 701. The summed E-state index contributed by atoms with van der Waals surface area (Å²) in [5.41, 5.74) is 0.0318. The molecule has 1 aromatic carbocycles. The van der Waals surface area contributed by atoms with Gasteiger partial charge in [0.2, 0.25) is 0 Å². The molecule has 6 heteroatoms. The van der Waals surface area contributed by atoms with Gasteiger partial charge in [0, 0.05) is 19.1 Å². The first-order valence-electron chi connectivity index (χ1n) is 9.84. The molecule has 0 saturated carbocycles. The molecule has 2 aliphatic rings. The maximum atomic E-state index is 12.3. The van der Waals surface area contributed by atoms with Crippen molar-refractivity contribution in [3.05, 3.63) is 23.8 Å². The Labute approximate surface area is 161 Å². The number of amides is 1. The molecule has 0 radical (unpaired) electrons. The number of benzene rings is 1. The molecule has 0 aliphatic carbocycles. The fourth-order valence-corrected chi connectivity index (χ4v) is 3.75. The molecule has 0 bridgehead atoms. The summed E-state index contributed by atoms with van der Waals surface area (Å²) in [5, 5.41) is 2.91. The summed E-state index contributed by atoms with van der Waals surface area (Å²) < 4.78 is 11.4. The van der Waals surface area contributed by atoms with Crippen molar-refractivity contribution >= 4 is 11.7 Å². The molecule has 1 unspecified atom stereocenters. The van der Waals surface area contributed by atoms with Crippen molar-refractivity contribution in [3.63, 3.8) is 0 Å².